The fourth-order valence-corrected chi connectivity index (χ4v) is 5.01. The number of fused-ring (bicyclic) bond motifs is 1. The Morgan fingerprint density at radius 1 is 1.10 bits per heavy atom. The number of aromatic carboxylic acids is 1. The second kappa shape index (κ2) is 7.46. The predicted molar refractivity (Wildman–Crippen MR) is 108 cm³/mol. The Bertz CT molecular complexity index is 1150. The van der Waals surface area contributed by atoms with Gasteiger partial charge in [-0.15, -0.1) is 0 Å². The van der Waals surface area contributed by atoms with Crippen molar-refractivity contribution < 1.29 is 18.3 Å². The number of rotatable bonds is 5. The topological polar surface area (TPSA) is 92.5 Å². The summed E-state index contributed by atoms with van der Waals surface area (Å²) in [5, 5.41) is 13.9. The smallest absolute Gasteiger partial charge is 0.356 e. The van der Waals surface area contributed by atoms with Gasteiger partial charge in [0.1, 0.15) is 0 Å². The third-order valence-corrected chi connectivity index (χ3v) is 7.05. The predicted octanol–water partition coefficient (Wildman–Crippen LogP) is 2.88. The first kappa shape index (κ1) is 19.4. The average molecular weight is 411 g/mol. The Labute approximate surface area is 169 Å². The zero-order valence-electron chi connectivity index (χ0n) is 15.9. The highest BCUT2D eigenvalue weighted by Crippen LogP contribution is 2.29. The molecule has 0 atom stereocenters. The van der Waals surface area contributed by atoms with Crippen LogP contribution in [-0.2, 0) is 29.4 Å². The van der Waals surface area contributed by atoms with Crippen LogP contribution in [0.25, 0.3) is 5.69 Å². The number of hydrogen-bond donors (Lipinski definition) is 1. The van der Waals surface area contributed by atoms with E-state index in [2.05, 4.69) is 5.10 Å². The van der Waals surface area contributed by atoms with Gasteiger partial charge in [-0.3, -0.25) is 0 Å². The van der Waals surface area contributed by atoms with Crippen LogP contribution in [0.4, 0.5) is 0 Å². The monoisotopic (exact) mass is 411 g/mol. The van der Waals surface area contributed by atoms with Crippen molar-refractivity contribution >= 4 is 16.0 Å². The first-order valence-electron chi connectivity index (χ1n) is 9.40. The van der Waals surface area contributed by atoms with E-state index in [1.54, 1.807) is 28.9 Å². The van der Waals surface area contributed by atoms with E-state index in [-0.39, 0.29) is 23.7 Å². The molecule has 0 saturated carbocycles. The molecule has 0 aliphatic carbocycles. The van der Waals surface area contributed by atoms with Crippen LogP contribution in [0.5, 0.6) is 0 Å². The Morgan fingerprint density at radius 3 is 2.41 bits per heavy atom. The van der Waals surface area contributed by atoms with Crippen LogP contribution in [0.15, 0.2) is 59.5 Å². The summed E-state index contributed by atoms with van der Waals surface area (Å²) in [5.74, 6) is -1.16. The molecule has 0 amide bonds. The van der Waals surface area contributed by atoms with Gasteiger partial charge in [0.2, 0.25) is 10.0 Å². The number of aromatic nitrogens is 2. The van der Waals surface area contributed by atoms with E-state index < -0.39 is 16.0 Å². The molecule has 3 aromatic rings. The van der Waals surface area contributed by atoms with Gasteiger partial charge < -0.3 is 5.11 Å². The molecule has 1 aliphatic rings. The molecule has 2 aromatic carbocycles. The van der Waals surface area contributed by atoms with Crippen molar-refractivity contribution in [2.75, 3.05) is 6.54 Å². The third kappa shape index (κ3) is 3.45. The maximum atomic E-state index is 13.1. The minimum atomic E-state index is -3.72. The minimum absolute atomic E-state index is 0.0122. The van der Waals surface area contributed by atoms with Gasteiger partial charge in [0, 0.05) is 25.1 Å². The molecule has 0 fully saturated rings. The molecule has 1 N–H and O–H groups in total. The van der Waals surface area contributed by atoms with Crippen LogP contribution < -0.4 is 0 Å². The number of carbonyl (C=O) groups is 1. The first-order valence-corrected chi connectivity index (χ1v) is 10.8. The standard InChI is InChI=1S/C21H21N3O4S/c1-2-15-8-10-17(11-9-15)29(27,28)23-13-12-19-18(14-23)20(21(25)26)22-24(19)16-6-4-3-5-7-16/h3-11H,2,12-14H2,1H3,(H,25,26). The summed E-state index contributed by atoms with van der Waals surface area (Å²) in [5.41, 5.74) is 2.89. The Kier molecular flexibility index (Phi) is 4.97. The van der Waals surface area contributed by atoms with E-state index >= 15 is 0 Å². The summed E-state index contributed by atoms with van der Waals surface area (Å²) in [6.45, 7) is 2.26. The minimum Gasteiger partial charge on any atom is -0.476 e. The van der Waals surface area contributed by atoms with Crippen molar-refractivity contribution in [2.45, 2.75) is 31.2 Å². The maximum absolute atomic E-state index is 13.1. The number of sulfonamides is 1. The van der Waals surface area contributed by atoms with Crippen molar-refractivity contribution in [2.24, 2.45) is 0 Å². The number of carboxylic acid groups (broad SMARTS) is 1. The van der Waals surface area contributed by atoms with Crippen molar-refractivity contribution in [1.82, 2.24) is 14.1 Å². The molecule has 1 aromatic heterocycles. The van der Waals surface area contributed by atoms with Crippen LogP contribution in [0.2, 0.25) is 0 Å². The largest absolute Gasteiger partial charge is 0.476 e. The molecule has 2 heterocycles. The second-order valence-electron chi connectivity index (χ2n) is 6.91. The fraction of sp³-hybridized carbons (Fsp3) is 0.238. The van der Waals surface area contributed by atoms with Crippen molar-refractivity contribution in [1.29, 1.82) is 0 Å². The lowest BCUT2D eigenvalue weighted by Crippen LogP contribution is -2.36. The first-order chi connectivity index (χ1) is 13.9. The van der Waals surface area contributed by atoms with E-state index in [0.717, 1.165) is 23.4 Å². The third-order valence-electron chi connectivity index (χ3n) is 5.20. The maximum Gasteiger partial charge on any atom is 0.356 e. The van der Waals surface area contributed by atoms with E-state index in [1.807, 2.05) is 37.3 Å². The van der Waals surface area contributed by atoms with Crippen LogP contribution in [0.3, 0.4) is 0 Å². The molecule has 0 radical (unpaired) electrons. The normalized spacial score (nSPS) is 14.5. The highest BCUT2D eigenvalue weighted by Gasteiger charge is 2.34. The van der Waals surface area contributed by atoms with E-state index in [9.17, 15) is 18.3 Å². The fourth-order valence-electron chi connectivity index (χ4n) is 3.60. The van der Waals surface area contributed by atoms with Crippen LogP contribution >= 0.6 is 0 Å². The van der Waals surface area contributed by atoms with E-state index in [4.69, 9.17) is 0 Å². The molecule has 0 bridgehead atoms. The van der Waals surface area contributed by atoms with Gasteiger partial charge in [-0.05, 0) is 36.2 Å². The van der Waals surface area contributed by atoms with Gasteiger partial charge in [-0.2, -0.15) is 9.40 Å². The molecule has 150 valence electrons. The zero-order chi connectivity index (χ0) is 20.6. The van der Waals surface area contributed by atoms with Gasteiger partial charge in [0.15, 0.2) is 5.69 Å². The van der Waals surface area contributed by atoms with E-state index in [1.165, 1.54) is 4.31 Å². The number of carboxylic acids is 1. The lowest BCUT2D eigenvalue weighted by molar-refractivity contribution is 0.0688. The summed E-state index contributed by atoms with van der Waals surface area (Å²) in [4.78, 5) is 12.0. The number of benzene rings is 2. The Hall–Kier alpha value is -2.97. The molecule has 29 heavy (non-hydrogen) atoms. The average Bonchev–Trinajstić information content (AvgIpc) is 3.13. The van der Waals surface area contributed by atoms with Crippen LogP contribution in [0.1, 0.15) is 34.2 Å². The van der Waals surface area contributed by atoms with Gasteiger partial charge in [0.05, 0.1) is 16.3 Å². The summed E-state index contributed by atoms with van der Waals surface area (Å²) in [6.07, 6.45) is 1.21. The number of aryl methyl sites for hydroxylation is 1. The SMILES string of the molecule is CCc1ccc(S(=O)(=O)N2CCc3c(c(C(=O)O)nn3-c3ccccc3)C2)cc1. The molecule has 0 spiro atoms. The highest BCUT2D eigenvalue weighted by molar-refractivity contribution is 7.89. The summed E-state index contributed by atoms with van der Waals surface area (Å²) in [6, 6.07) is 16.1. The van der Waals surface area contributed by atoms with Gasteiger partial charge in [-0.25, -0.2) is 17.9 Å². The molecule has 7 nitrogen and oxygen atoms in total. The number of nitrogens with zero attached hydrogens (tertiary/aromatic N) is 3. The lowest BCUT2D eigenvalue weighted by atomic mass is 10.1. The lowest BCUT2D eigenvalue weighted by Gasteiger charge is -2.27. The molecular formula is C21H21N3O4S. The van der Waals surface area contributed by atoms with Gasteiger partial charge in [-0.1, -0.05) is 37.3 Å². The number of para-hydroxylation sites is 1. The summed E-state index contributed by atoms with van der Waals surface area (Å²) >= 11 is 0. The Morgan fingerprint density at radius 2 is 1.79 bits per heavy atom. The Balaban J connectivity index is 1.72. The highest BCUT2D eigenvalue weighted by atomic mass is 32.2. The molecule has 0 unspecified atom stereocenters. The summed E-state index contributed by atoms with van der Waals surface area (Å²) < 4.78 is 29.2. The zero-order valence-corrected chi connectivity index (χ0v) is 16.8. The quantitative estimate of drug-likeness (QED) is 0.697. The van der Waals surface area contributed by atoms with Gasteiger partial charge in [0.25, 0.3) is 0 Å². The van der Waals surface area contributed by atoms with Gasteiger partial charge >= 0.3 is 5.97 Å². The molecule has 4 rings (SSSR count). The molecular weight excluding hydrogens is 390 g/mol. The van der Waals surface area contributed by atoms with Crippen LogP contribution in [-0.4, -0.2) is 40.1 Å². The van der Waals surface area contributed by atoms with Crippen LogP contribution in [0, 0.1) is 0 Å². The van der Waals surface area contributed by atoms with Crippen molar-refractivity contribution in [3.05, 3.63) is 77.1 Å². The summed E-state index contributed by atoms with van der Waals surface area (Å²) in [7, 11) is -3.72. The molecule has 8 heteroatoms. The molecule has 1 aliphatic heterocycles. The number of hydrogen-bond acceptors (Lipinski definition) is 4. The van der Waals surface area contributed by atoms with Crippen molar-refractivity contribution in [3.8, 4) is 5.69 Å². The van der Waals surface area contributed by atoms with Crippen molar-refractivity contribution in [3.63, 3.8) is 0 Å². The van der Waals surface area contributed by atoms with E-state index in [0.29, 0.717) is 12.0 Å². The second-order valence-corrected chi connectivity index (χ2v) is 8.85. The molecule has 0 saturated heterocycles.